The van der Waals surface area contributed by atoms with Gasteiger partial charge in [-0.1, -0.05) is 19.1 Å². The Kier molecular flexibility index (Phi) is 10.7. The van der Waals surface area contributed by atoms with E-state index in [1.807, 2.05) is 31.3 Å². The zero-order valence-electron chi connectivity index (χ0n) is 18.1. The maximum absolute atomic E-state index is 9.41. The average molecular weight is 526 g/mol. The van der Waals surface area contributed by atoms with Crippen molar-refractivity contribution in [1.29, 1.82) is 5.26 Å². The first-order valence-electron chi connectivity index (χ1n) is 10.7. The Morgan fingerprint density at radius 3 is 2.80 bits per heavy atom. The third-order valence-corrected chi connectivity index (χ3v) is 5.64. The molecule has 2 atom stereocenters. The van der Waals surface area contributed by atoms with E-state index in [0.717, 1.165) is 82.5 Å². The van der Waals surface area contributed by atoms with Crippen molar-refractivity contribution >= 4 is 35.6 Å². The normalized spacial score (nSPS) is 21.3. The summed E-state index contributed by atoms with van der Waals surface area (Å²) in [5, 5.41) is 16.5. The van der Waals surface area contributed by atoms with Gasteiger partial charge in [0.15, 0.2) is 5.96 Å². The number of nitrogens with zero attached hydrogens (tertiary/aromatic N) is 4. The number of rotatable bonds is 6. The molecule has 2 saturated heterocycles. The number of guanidine groups is 1. The number of piperidine rings is 1. The molecule has 0 bridgehead atoms. The van der Waals surface area contributed by atoms with E-state index in [-0.39, 0.29) is 24.0 Å². The molecule has 0 spiro atoms. The molecule has 0 radical (unpaired) electrons. The van der Waals surface area contributed by atoms with E-state index in [9.17, 15) is 5.26 Å². The molecule has 2 aliphatic rings. The minimum Gasteiger partial charge on any atom is -0.379 e. The zero-order valence-corrected chi connectivity index (χ0v) is 20.5. The fourth-order valence-corrected chi connectivity index (χ4v) is 4.11. The van der Waals surface area contributed by atoms with E-state index in [4.69, 9.17) is 4.74 Å². The van der Waals surface area contributed by atoms with Gasteiger partial charge in [-0.05, 0) is 30.9 Å². The molecule has 7 nitrogen and oxygen atoms in total. The van der Waals surface area contributed by atoms with E-state index in [2.05, 4.69) is 38.4 Å². The molecule has 2 unspecified atom stereocenters. The number of nitriles is 1. The average Bonchev–Trinajstić information content (AvgIpc) is 2.77. The molecule has 3 rings (SSSR count). The second kappa shape index (κ2) is 13.0. The first-order valence-corrected chi connectivity index (χ1v) is 10.7. The van der Waals surface area contributed by atoms with Crippen LogP contribution in [0, 0.1) is 17.2 Å². The van der Waals surface area contributed by atoms with Crippen molar-refractivity contribution in [3.8, 4) is 6.07 Å². The van der Waals surface area contributed by atoms with Crippen molar-refractivity contribution in [1.82, 2.24) is 15.5 Å². The summed E-state index contributed by atoms with van der Waals surface area (Å²) >= 11 is 0. The first-order chi connectivity index (χ1) is 14.2. The van der Waals surface area contributed by atoms with Crippen LogP contribution in [0.1, 0.15) is 25.3 Å². The maximum atomic E-state index is 9.41. The highest BCUT2D eigenvalue weighted by Crippen LogP contribution is 2.23. The first kappa shape index (κ1) is 24.7. The summed E-state index contributed by atoms with van der Waals surface area (Å²) in [7, 11) is 1.83. The molecular formula is C22H35IN6O. The number of benzene rings is 1. The van der Waals surface area contributed by atoms with Gasteiger partial charge in [-0.15, -0.1) is 24.0 Å². The molecule has 1 aromatic rings. The monoisotopic (exact) mass is 526 g/mol. The third kappa shape index (κ3) is 7.29. The lowest BCUT2D eigenvalue weighted by Crippen LogP contribution is -2.52. The minimum atomic E-state index is 0. The van der Waals surface area contributed by atoms with Gasteiger partial charge in [0.2, 0.25) is 0 Å². The van der Waals surface area contributed by atoms with Gasteiger partial charge in [0.1, 0.15) is 6.07 Å². The Morgan fingerprint density at radius 2 is 2.07 bits per heavy atom. The van der Waals surface area contributed by atoms with Crippen LogP contribution in [0.3, 0.4) is 0 Å². The molecule has 8 heteroatoms. The van der Waals surface area contributed by atoms with Crippen molar-refractivity contribution in [2.45, 2.75) is 25.8 Å². The molecule has 1 aromatic carbocycles. The summed E-state index contributed by atoms with van der Waals surface area (Å²) in [6.45, 7) is 9.85. The van der Waals surface area contributed by atoms with E-state index in [1.165, 1.54) is 0 Å². The predicted octanol–water partition coefficient (Wildman–Crippen LogP) is 2.28. The molecule has 0 amide bonds. The fraction of sp³-hybridized carbons (Fsp3) is 0.636. The lowest BCUT2D eigenvalue weighted by molar-refractivity contribution is 0.0320. The number of aliphatic imine (C=N–C) groups is 1. The molecule has 2 heterocycles. The fourth-order valence-electron chi connectivity index (χ4n) is 4.11. The van der Waals surface area contributed by atoms with Gasteiger partial charge in [-0.2, -0.15) is 5.26 Å². The van der Waals surface area contributed by atoms with Crippen LogP contribution in [0.5, 0.6) is 0 Å². The van der Waals surface area contributed by atoms with Gasteiger partial charge < -0.3 is 20.3 Å². The number of hydrogen-bond acceptors (Lipinski definition) is 5. The van der Waals surface area contributed by atoms with Crippen molar-refractivity contribution < 1.29 is 4.74 Å². The Bertz CT molecular complexity index is 716. The molecule has 30 heavy (non-hydrogen) atoms. The smallest absolute Gasteiger partial charge is 0.191 e. The van der Waals surface area contributed by atoms with Crippen LogP contribution in [0.4, 0.5) is 5.69 Å². The quantitative estimate of drug-likeness (QED) is 0.337. The summed E-state index contributed by atoms with van der Waals surface area (Å²) in [5.74, 6) is 1.40. The second-order valence-corrected chi connectivity index (χ2v) is 8.03. The Morgan fingerprint density at radius 1 is 1.30 bits per heavy atom. The second-order valence-electron chi connectivity index (χ2n) is 8.03. The standard InChI is InChI=1S/C22H34N6O.HI/c1-18(16-27-10-12-29-13-11-27)15-25-22(24-2)26-20-7-5-9-28(17-20)21-8-4-3-6-19(21)14-23;/h3-4,6,8,18,20H,5,7,9-13,15-17H2,1-2H3,(H2,24,25,26);1H. The highest BCUT2D eigenvalue weighted by Gasteiger charge is 2.22. The number of ether oxygens (including phenoxy) is 1. The number of anilines is 1. The van der Waals surface area contributed by atoms with E-state index in [1.54, 1.807) is 0 Å². The number of morpholine rings is 1. The van der Waals surface area contributed by atoms with Gasteiger partial charge in [0.05, 0.1) is 24.5 Å². The van der Waals surface area contributed by atoms with Gasteiger partial charge in [-0.3, -0.25) is 9.89 Å². The highest BCUT2D eigenvalue weighted by atomic mass is 127. The molecule has 2 aliphatic heterocycles. The summed E-state index contributed by atoms with van der Waals surface area (Å²) in [4.78, 5) is 9.21. The van der Waals surface area contributed by atoms with Crippen molar-refractivity contribution in [2.75, 3.05) is 64.4 Å². The van der Waals surface area contributed by atoms with Crippen LogP contribution < -0.4 is 15.5 Å². The summed E-state index contributed by atoms with van der Waals surface area (Å²) in [5.41, 5.74) is 1.77. The van der Waals surface area contributed by atoms with E-state index >= 15 is 0 Å². The summed E-state index contributed by atoms with van der Waals surface area (Å²) in [6.07, 6.45) is 2.21. The van der Waals surface area contributed by atoms with Gasteiger partial charge in [0, 0.05) is 52.4 Å². The summed E-state index contributed by atoms with van der Waals surface area (Å²) < 4.78 is 5.43. The maximum Gasteiger partial charge on any atom is 0.191 e. The van der Waals surface area contributed by atoms with Crippen LogP contribution >= 0.6 is 24.0 Å². The molecule has 0 aromatic heterocycles. The van der Waals surface area contributed by atoms with Crippen LogP contribution in [0.25, 0.3) is 0 Å². The molecule has 166 valence electrons. The van der Waals surface area contributed by atoms with Crippen molar-refractivity contribution in [3.05, 3.63) is 29.8 Å². The lowest BCUT2D eigenvalue weighted by Gasteiger charge is -2.36. The highest BCUT2D eigenvalue weighted by molar-refractivity contribution is 14.0. The molecule has 2 N–H and O–H groups in total. The minimum absolute atomic E-state index is 0. The largest absolute Gasteiger partial charge is 0.379 e. The molecular weight excluding hydrogens is 491 g/mol. The van der Waals surface area contributed by atoms with Crippen LogP contribution in [-0.2, 0) is 4.74 Å². The van der Waals surface area contributed by atoms with E-state index in [0.29, 0.717) is 12.0 Å². The number of halogens is 1. The van der Waals surface area contributed by atoms with Crippen LogP contribution in [0.15, 0.2) is 29.3 Å². The van der Waals surface area contributed by atoms with Crippen molar-refractivity contribution in [3.63, 3.8) is 0 Å². The molecule has 0 aliphatic carbocycles. The van der Waals surface area contributed by atoms with Gasteiger partial charge >= 0.3 is 0 Å². The zero-order chi connectivity index (χ0) is 20.5. The Hall–Kier alpha value is -1.57. The molecule has 2 fully saturated rings. The third-order valence-electron chi connectivity index (χ3n) is 5.64. The predicted molar refractivity (Wildman–Crippen MR) is 133 cm³/mol. The Balaban J connectivity index is 0.00000320. The van der Waals surface area contributed by atoms with Crippen LogP contribution in [0.2, 0.25) is 0 Å². The number of hydrogen-bond donors (Lipinski definition) is 2. The Labute approximate surface area is 197 Å². The summed E-state index contributed by atoms with van der Waals surface area (Å²) in [6, 6.07) is 10.5. The topological polar surface area (TPSA) is 75.9 Å². The van der Waals surface area contributed by atoms with Gasteiger partial charge in [0.25, 0.3) is 0 Å². The number of para-hydroxylation sites is 1. The van der Waals surface area contributed by atoms with Crippen LogP contribution in [-0.4, -0.2) is 76.4 Å². The van der Waals surface area contributed by atoms with Crippen molar-refractivity contribution in [2.24, 2.45) is 10.9 Å². The molecule has 0 saturated carbocycles. The number of nitrogens with one attached hydrogen (secondary N) is 2. The SMILES string of the molecule is CN=C(NCC(C)CN1CCOCC1)NC1CCCN(c2ccccc2C#N)C1.I. The van der Waals surface area contributed by atoms with Gasteiger partial charge in [-0.25, -0.2) is 0 Å². The lowest BCUT2D eigenvalue weighted by atomic mass is 10.0. The van der Waals surface area contributed by atoms with E-state index < -0.39 is 0 Å².